The molecule has 106 valence electrons. The number of carbonyl (C=O) groups excluding carboxylic acids is 1. The molecule has 0 aliphatic heterocycles. The number of halogens is 1. The van der Waals surface area contributed by atoms with Gasteiger partial charge in [-0.1, -0.05) is 31.9 Å². The Morgan fingerprint density at radius 3 is 2.47 bits per heavy atom. The summed E-state index contributed by atoms with van der Waals surface area (Å²) in [6, 6.07) is 3.29. The summed E-state index contributed by atoms with van der Waals surface area (Å²) in [6.45, 7) is 3.95. The van der Waals surface area contributed by atoms with Gasteiger partial charge in [0.05, 0.1) is 24.9 Å². The van der Waals surface area contributed by atoms with Crippen LogP contribution in [0.5, 0.6) is 11.5 Å². The first kappa shape index (κ1) is 15.6. The zero-order valence-corrected chi connectivity index (χ0v) is 12.5. The normalized spacial score (nSPS) is 11.8. The quantitative estimate of drug-likeness (QED) is 0.866. The van der Waals surface area contributed by atoms with Crippen LogP contribution in [0.25, 0.3) is 0 Å². The van der Waals surface area contributed by atoms with Gasteiger partial charge in [-0.3, -0.25) is 4.79 Å². The average Bonchev–Trinajstić information content (AvgIpc) is 2.39. The van der Waals surface area contributed by atoms with Crippen molar-refractivity contribution in [1.82, 2.24) is 0 Å². The molecule has 5 heteroatoms. The van der Waals surface area contributed by atoms with Crippen molar-refractivity contribution in [3.8, 4) is 11.5 Å². The van der Waals surface area contributed by atoms with Gasteiger partial charge >= 0.3 is 0 Å². The summed E-state index contributed by atoms with van der Waals surface area (Å²) in [5.41, 5.74) is 0.557. The molecule has 19 heavy (non-hydrogen) atoms. The van der Waals surface area contributed by atoms with Gasteiger partial charge < -0.3 is 14.8 Å². The smallest absolute Gasteiger partial charge is 0.227 e. The number of hydrogen-bond acceptors (Lipinski definition) is 3. The molecule has 1 amide bonds. The molecule has 1 aromatic carbocycles. The van der Waals surface area contributed by atoms with Crippen LogP contribution in [0.2, 0.25) is 5.02 Å². The van der Waals surface area contributed by atoms with Crippen LogP contribution in [-0.2, 0) is 4.79 Å². The monoisotopic (exact) mass is 285 g/mol. The standard InChI is InChI=1S/C14H20ClNO3/c1-5-6-9(2)14(17)16-11-7-10(15)12(18-3)8-13(11)19-4/h7-9H,5-6H2,1-4H3,(H,16,17)/t9-/m0/s1. The number of benzene rings is 1. The lowest BCUT2D eigenvalue weighted by molar-refractivity contribution is -0.119. The molecule has 0 fully saturated rings. The maximum atomic E-state index is 12.0. The van der Waals surface area contributed by atoms with Crippen LogP contribution in [0.1, 0.15) is 26.7 Å². The predicted molar refractivity (Wildman–Crippen MR) is 77.3 cm³/mol. The van der Waals surface area contributed by atoms with E-state index in [-0.39, 0.29) is 11.8 Å². The van der Waals surface area contributed by atoms with Gasteiger partial charge in [0.15, 0.2) is 0 Å². The zero-order chi connectivity index (χ0) is 14.4. The molecular weight excluding hydrogens is 266 g/mol. The van der Waals surface area contributed by atoms with Crippen LogP contribution in [0.3, 0.4) is 0 Å². The maximum absolute atomic E-state index is 12.0. The van der Waals surface area contributed by atoms with E-state index in [1.165, 1.54) is 14.2 Å². The molecule has 0 saturated carbocycles. The van der Waals surface area contributed by atoms with Gasteiger partial charge in [-0.15, -0.1) is 0 Å². The Morgan fingerprint density at radius 2 is 1.95 bits per heavy atom. The number of nitrogens with one attached hydrogen (secondary N) is 1. The maximum Gasteiger partial charge on any atom is 0.227 e. The second-order valence-electron chi connectivity index (χ2n) is 4.37. The van der Waals surface area contributed by atoms with Crippen molar-refractivity contribution in [2.75, 3.05) is 19.5 Å². The zero-order valence-electron chi connectivity index (χ0n) is 11.7. The van der Waals surface area contributed by atoms with Gasteiger partial charge in [0.25, 0.3) is 0 Å². The van der Waals surface area contributed by atoms with Crippen LogP contribution in [-0.4, -0.2) is 20.1 Å². The number of rotatable bonds is 6. The Bertz CT molecular complexity index is 449. The summed E-state index contributed by atoms with van der Waals surface area (Å²) >= 11 is 6.05. The second-order valence-corrected chi connectivity index (χ2v) is 4.77. The van der Waals surface area contributed by atoms with E-state index >= 15 is 0 Å². The van der Waals surface area contributed by atoms with Crippen molar-refractivity contribution in [3.05, 3.63) is 17.2 Å². The van der Waals surface area contributed by atoms with E-state index in [0.29, 0.717) is 22.2 Å². The minimum atomic E-state index is -0.0458. The first-order valence-electron chi connectivity index (χ1n) is 6.25. The summed E-state index contributed by atoms with van der Waals surface area (Å²) in [4.78, 5) is 12.0. The minimum Gasteiger partial charge on any atom is -0.495 e. The van der Waals surface area contributed by atoms with Crippen molar-refractivity contribution in [2.24, 2.45) is 5.92 Å². The fraction of sp³-hybridized carbons (Fsp3) is 0.500. The van der Waals surface area contributed by atoms with Gasteiger partial charge in [-0.2, -0.15) is 0 Å². The van der Waals surface area contributed by atoms with E-state index in [2.05, 4.69) is 12.2 Å². The number of methoxy groups -OCH3 is 2. The molecule has 4 nitrogen and oxygen atoms in total. The van der Waals surface area contributed by atoms with E-state index < -0.39 is 0 Å². The van der Waals surface area contributed by atoms with E-state index in [1.54, 1.807) is 12.1 Å². The van der Waals surface area contributed by atoms with Crippen molar-refractivity contribution >= 4 is 23.2 Å². The van der Waals surface area contributed by atoms with Crippen LogP contribution >= 0.6 is 11.6 Å². The highest BCUT2D eigenvalue weighted by molar-refractivity contribution is 6.32. The molecule has 0 spiro atoms. The minimum absolute atomic E-state index is 0.0404. The number of anilines is 1. The van der Waals surface area contributed by atoms with Crippen molar-refractivity contribution in [1.29, 1.82) is 0 Å². The summed E-state index contributed by atoms with van der Waals surface area (Å²) in [5.74, 6) is 0.952. The van der Waals surface area contributed by atoms with Crippen LogP contribution in [0.15, 0.2) is 12.1 Å². The van der Waals surface area contributed by atoms with Gasteiger partial charge in [-0.25, -0.2) is 0 Å². The highest BCUT2D eigenvalue weighted by atomic mass is 35.5. The van der Waals surface area contributed by atoms with Gasteiger partial charge in [0.1, 0.15) is 11.5 Å². The third kappa shape index (κ3) is 4.03. The number of ether oxygens (including phenoxy) is 2. The van der Waals surface area contributed by atoms with E-state index in [4.69, 9.17) is 21.1 Å². The first-order chi connectivity index (χ1) is 9.03. The lowest BCUT2D eigenvalue weighted by Gasteiger charge is -2.15. The highest BCUT2D eigenvalue weighted by Crippen LogP contribution is 2.36. The molecule has 1 aromatic rings. The van der Waals surface area contributed by atoms with Crippen molar-refractivity contribution < 1.29 is 14.3 Å². The molecule has 0 unspecified atom stereocenters. The average molecular weight is 286 g/mol. The topological polar surface area (TPSA) is 47.6 Å². The molecule has 0 bridgehead atoms. The van der Waals surface area contributed by atoms with Gasteiger partial charge in [0.2, 0.25) is 5.91 Å². The number of hydrogen-bond donors (Lipinski definition) is 1. The Labute approximate surface area is 119 Å². The van der Waals surface area contributed by atoms with Crippen LogP contribution in [0, 0.1) is 5.92 Å². The lowest BCUT2D eigenvalue weighted by atomic mass is 10.1. The van der Waals surface area contributed by atoms with E-state index in [0.717, 1.165) is 12.8 Å². The molecule has 0 heterocycles. The second kappa shape index (κ2) is 7.24. The number of amides is 1. The summed E-state index contributed by atoms with van der Waals surface area (Å²) < 4.78 is 10.3. The van der Waals surface area contributed by atoms with Crippen molar-refractivity contribution in [3.63, 3.8) is 0 Å². The Kier molecular flexibility index (Phi) is 5.96. The molecular formula is C14H20ClNO3. The highest BCUT2D eigenvalue weighted by Gasteiger charge is 2.16. The molecule has 0 radical (unpaired) electrons. The molecule has 0 aromatic heterocycles. The Morgan fingerprint density at radius 1 is 1.32 bits per heavy atom. The number of carbonyl (C=O) groups is 1. The molecule has 0 aliphatic rings. The first-order valence-corrected chi connectivity index (χ1v) is 6.63. The lowest BCUT2D eigenvalue weighted by Crippen LogP contribution is -2.20. The molecule has 0 saturated heterocycles. The molecule has 1 N–H and O–H groups in total. The van der Waals surface area contributed by atoms with E-state index in [1.807, 2.05) is 6.92 Å². The van der Waals surface area contributed by atoms with Crippen LogP contribution in [0.4, 0.5) is 5.69 Å². The predicted octanol–water partition coefficient (Wildman–Crippen LogP) is 3.73. The molecule has 0 aliphatic carbocycles. The summed E-state index contributed by atoms with van der Waals surface area (Å²) in [6.07, 6.45) is 1.81. The third-order valence-corrected chi connectivity index (χ3v) is 3.20. The largest absolute Gasteiger partial charge is 0.495 e. The van der Waals surface area contributed by atoms with Gasteiger partial charge in [0, 0.05) is 12.0 Å². The third-order valence-electron chi connectivity index (χ3n) is 2.90. The fourth-order valence-corrected chi connectivity index (χ4v) is 2.02. The summed E-state index contributed by atoms with van der Waals surface area (Å²) in [7, 11) is 3.07. The Hall–Kier alpha value is -1.42. The van der Waals surface area contributed by atoms with E-state index in [9.17, 15) is 4.79 Å². The molecule has 1 atom stereocenters. The Balaban J connectivity index is 2.94. The van der Waals surface area contributed by atoms with Gasteiger partial charge in [-0.05, 0) is 12.5 Å². The fourth-order valence-electron chi connectivity index (χ4n) is 1.78. The molecule has 1 rings (SSSR count). The van der Waals surface area contributed by atoms with Crippen molar-refractivity contribution in [2.45, 2.75) is 26.7 Å². The summed E-state index contributed by atoms with van der Waals surface area (Å²) in [5, 5.41) is 3.27. The SMILES string of the molecule is CCC[C@H](C)C(=O)Nc1cc(Cl)c(OC)cc1OC. The van der Waals surface area contributed by atoms with Crippen LogP contribution < -0.4 is 14.8 Å².